The number of nitrogens with zero attached hydrogens (tertiary/aromatic N) is 8. The van der Waals surface area contributed by atoms with E-state index < -0.39 is 55.6 Å². The van der Waals surface area contributed by atoms with Gasteiger partial charge in [0.1, 0.15) is 16.6 Å². The summed E-state index contributed by atoms with van der Waals surface area (Å²) in [6.45, 7) is 5.10. The fraction of sp³-hybridized carbons (Fsp3) is 0.226. The summed E-state index contributed by atoms with van der Waals surface area (Å²) in [6, 6.07) is 31.3. The van der Waals surface area contributed by atoms with Gasteiger partial charge in [0, 0.05) is 54.7 Å². The molecule has 6 heterocycles. The number of nitrogens with two attached hydrogens (primary N) is 1. The molecule has 410 valence electrons. The number of hydrogen-bond donors (Lipinski definition) is 3. The number of fused-ring (bicyclic) bond motifs is 4. The summed E-state index contributed by atoms with van der Waals surface area (Å²) in [7, 11) is -6.79. The lowest BCUT2D eigenvalue weighted by molar-refractivity contribution is 0.0467. The Hall–Kier alpha value is -7.81. The van der Waals surface area contributed by atoms with Gasteiger partial charge in [-0.05, 0) is 81.4 Å². The first-order valence-corrected chi connectivity index (χ1v) is 26.0. The van der Waals surface area contributed by atoms with Gasteiger partial charge in [-0.15, -0.1) is 0 Å². The van der Waals surface area contributed by atoms with Crippen molar-refractivity contribution in [3.05, 3.63) is 180 Å². The molecule has 0 fully saturated rings. The molecule has 0 spiro atoms. The maximum absolute atomic E-state index is 13.1. The third-order valence-electron chi connectivity index (χ3n) is 11.7. The van der Waals surface area contributed by atoms with E-state index in [4.69, 9.17) is 15.6 Å². The number of benzene rings is 4. The second-order valence-electron chi connectivity index (χ2n) is 18.1. The maximum Gasteiger partial charge on any atom is 0.407 e. The molecule has 8 aromatic rings. The highest BCUT2D eigenvalue weighted by Gasteiger charge is 2.38. The van der Waals surface area contributed by atoms with Gasteiger partial charge < -0.3 is 20.9 Å². The average Bonchev–Trinajstić information content (AvgIpc) is 4.16. The van der Waals surface area contributed by atoms with Crippen molar-refractivity contribution in [1.82, 2.24) is 43.5 Å². The Morgan fingerprint density at radius 3 is 1.33 bits per heavy atom. The largest absolute Gasteiger partial charge is 0.444 e. The zero-order valence-electron chi connectivity index (χ0n) is 41.8. The number of hydrogen-bond acceptors (Lipinski definition) is 16. The van der Waals surface area contributed by atoms with Crippen LogP contribution in [-0.4, -0.2) is 128 Å². The monoisotopic (exact) mass is 1140 g/mol. The first-order chi connectivity index (χ1) is 35.8. The lowest BCUT2D eigenvalue weighted by Crippen LogP contribution is -2.48. The highest BCUT2D eigenvalue weighted by Crippen LogP contribution is 2.27. The molecule has 78 heavy (non-hydrogen) atoms. The van der Waals surface area contributed by atoms with Gasteiger partial charge in [-0.2, -0.15) is 62.2 Å². The van der Waals surface area contributed by atoms with E-state index >= 15 is 0 Å². The number of carbonyl (C=O) groups excluding carboxylic acids is 5. The number of imide groups is 2. The summed E-state index contributed by atoms with van der Waals surface area (Å²) in [5.41, 5.74) is 8.54. The molecule has 1 unspecified atom stereocenters. The van der Waals surface area contributed by atoms with Crippen LogP contribution < -0.4 is 11.1 Å². The lowest BCUT2D eigenvalue weighted by atomic mass is 10.1. The van der Waals surface area contributed by atoms with Crippen molar-refractivity contribution >= 4 is 98.6 Å². The van der Waals surface area contributed by atoms with Crippen LogP contribution in [0.3, 0.4) is 0 Å². The van der Waals surface area contributed by atoms with E-state index in [0.717, 1.165) is 25.1 Å². The SMILES string of the molecule is C.CC(C)(C)OC(=O)NC(Cc1cc2cnn(S(=O)(=O)c3ccccc3)c2cn1)CN1C(=O)c2ccccc2C1=O.CO.N[C@@H](Cc1cc2cnn(S(=O)(=O)c3ccccc3)c2cn1)CN1C(=O)c2ccccc2C1=O.S.S. The van der Waals surface area contributed by atoms with Gasteiger partial charge in [-0.1, -0.05) is 68.1 Å². The quantitative estimate of drug-likeness (QED) is 0.117. The number of alkyl carbamates (subject to hydrolysis) is 1. The molecule has 21 nitrogen and oxygen atoms in total. The fourth-order valence-electron chi connectivity index (χ4n) is 8.38. The van der Waals surface area contributed by atoms with Crippen molar-refractivity contribution in [2.24, 2.45) is 5.73 Å². The molecule has 0 saturated heterocycles. The number of nitrogens with one attached hydrogen (secondary N) is 1. The van der Waals surface area contributed by atoms with Crippen LogP contribution >= 0.6 is 27.0 Å². The number of aliphatic hydroxyl groups excluding tert-OH is 1. The number of rotatable bonds is 13. The molecule has 4 N–H and O–H groups in total. The minimum atomic E-state index is -3.94. The molecule has 4 aromatic heterocycles. The summed E-state index contributed by atoms with van der Waals surface area (Å²) in [5.74, 6) is -1.62. The Balaban J connectivity index is 0.000000272. The van der Waals surface area contributed by atoms with Crippen molar-refractivity contribution in [2.45, 2.75) is 68.5 Å². The van der Waals surface area contributed by atoms with Crippen molar-refractivity contribution < 1.29 is 50.7 Å². The summed E-state index contributed by atoms with van der Waals surface area (Å²) >= 11 is 0. The topological polar surface area (TPSA) is 289 Å². The molecular formula is C53H58N10O11S4. The maximum atomic E-state index is 13.1. The third-order valence-corrected chi connectivity index (χ3v) is 14.9. The van der Waals surface area contributed by atoms with E-state index in [9.17, 15) is 40.8 Å². The number of carbonyl (C=O) groups is 5. The number of aliphatic hydroxyl groups is 1. The van der Waals surface area contributed by atoms with Gasteiger partial charge in [0.15, 0.2) is 0 Å². The predicted molar refractivity (Wildman–Crippen MR) is 301 cm³/mol. The average molecular weight is 1140 g/mol. The Labute approximate surface area is 464 Å². The number of ether oxygens (including phenoxy) is 1. The van der Waals surface area contributed by atoms with Crippen LogP contribution in [0.15, 0.2) is 156 Å². The van der Waals surface area contributed by atoms with Crippen LogP contribution in [0.4, 0.5) is 4.79 Å². The second-order valence-corrected chi connectivity index (χ2v) is 21.7. The Kier molecular flexibility index (Phi) is 19.7. The standard InChI is InChI=1S/C28H27N5O6S.C23H19N5O4S.CH4O.CH4.2H2S/c1-28(2,3)39-27(36)31-20(17-32-25(34)22-11-7-8-12-23(22)26(32)35)14-19-13-18-15-30-33(24(18)16-29-19)40(37,38)21-9-5-4-6-10-21;24-16(14-27-22(29)19-8-4-5-9-20(19)23(27)30)11-17-10-15-12-26-28(21(15)13-25-17)33(31,32)18-6-2-1-3-7-18;1-2;;;/h4-13,15-16,20H,14,17H2,1-3H3,(H,31,36);1-10,12-13,16H,11,14,24H2;2H,1H3;1H4;2*1H2/t;16-;;;;/m.0..../s1. The molecule has 0 bridgehead atoms. The highest BCUT2D eigenvalue weighted by molar-refractivity contribution is 7.90. The van der Waals surface area contributed by atoms with Gasteiger partial charge >= 0.3 is 6.09 Å². The second kappa shape index (κ2) is 25.1. The third kappa shape index (κ3) is 12.8. The zero-order valence-corrected chi connectivity index (χ0v) is 45.5. The molecular weight excluding hydrogens is 1080 g/mol. The van der Waals surface area contributed by atoms with Gasteiger partial charge in [-0.25, -0.2) is 4.79 Å². The van der Waals surface area contributed by atoms with Crippen LogP contribution in [-0.2, 0) is 37.6 Å². The molecule has 10 rings (SSSR count). The Bertz CT molecular complexity index is 3650. The van der Waals surface area contributed by atoms with Crippen LogP contribution in [0.1, 0.15) is 81.0 Å². The first kappa shape index (κ1) is 61.0. The van der Waals surface area contributed by atoms with Crippen molar-refractivity contribution in [3.8, 4) is 0 Å². The molecule has 25 heteroatoms. The molecule has 0 aliphatic carbocycles. The van der Waals surface area contributed by atoms with Gasteiger partial charge in [0.25, 0.3) is 43.7 Å². The summed E-state index contributed by atoms with van der Waals surface area (Å²) in [4.78, 5) is 74.9. The molecule has 2 atom stereocenters. The molecule has 2 aliphatic rings. The van der Waals surface area contributed by atoms with Gasteiger partial charge in [0.2, 0.25) is 0 Å². The van der Waals surface area contributed by atoms with E-state index in [2.05, 4.69) is 25.5 Å². The fourth-order valence-corrected chi connectivity index (χ4v) is 10.9. The van der Waals surface area contributed by atoms with E-state index in [0.29, 0.717) is 56.4 Å². The number of pyridine rings is 2. The van der Waals surface area contributed by atoms with Crippen molar-refractivity contribution in [2.75, 3.05) is 20.2 Å². The highest BCUT2D eigenvalue weighted by atomic mass is 32.2. The van der Waals surface area contributed by atoms with Gasteiger partial charge in [-0.3, -0.25) is 38.9 Å². The smallest absolute Gasteiger partial charge is 0.407 e. The van der Waals surface area contributed by atoms with Crippen molar-refractivity contribution in [3.63, 3.8) is 0 Å². The van der Waals surface area contributed by atoms with Gasteiger partial charge in [0.05, 0.1) is 69.4 Å². The van der Waals surface area contributed by atoms with E-state index in [1.54, 1.807) is 118 Å². The van der Waals surface area contributed by atoms with Crippen molar-refractivity contribution in [1.29, 1.82) is 0 Å². The summed E-state index contributed by atoms with van der Waals surface area (Å²) < 4.78 is 59.3. The molecule has 2 aliphatic heterocycles. The zero-order chi connectivity index (χ0) is 53.8. The molecule has 0 saturated carbocycles. The van der Waals surface area contributed by atoms with E-state index in [-0.39, 0.29) is 81.1 Å². The predicted octanol–water partition coefficient (Wildman–Crippen LogP) is 5.70. The van der Waals surface area contributed by atoms with Crippen LogP contribution in [0.25, 0.3) is 21.8 Å². The summed E-state index contributed by atoms with van der Waals surface area (Å²) in [5, 5.41) is 19.0. The minimum absolute atomic E-state index is 0. The number of amides is 5. The summed E-state index contributed by atoms with van der Waals surface area (Å²) in [6.07, 6.45) is 5.41. The lowest BCUT2D eigenvalue weighted by Gasteiger charge is -2.26. The van der Waals surface area contributed by atoms with Crippen LogP contribution in [0.2, 0.25) is 0 Å². The molecule has 5 amide bonds. The molecule has 0 radical (unpaired) electrons. The molecule has 4 aromatic carbocycles. The van der Waals surface area contributed by atoms with Crippen LogP contribution in [0, 0.1) is 0 Å². The van der Waals surface area contributed by atoms with E-state index in [1.807, 2.05) is 0 Å². The number of aromatic nitrogens is 6. The normalized spacial score (nSPS) is 13.6. The van der Waals surface area contributed by atoms with Crippen LogP contribution in [0.5, 0.6) is 0 Å². The van der Waals surface area contributed by atoms with E-state index in [1.165, 1.54) is 49.1 Å². The first-order valence-electron chi connectivity index (χ1n) is 23.2. The Morgan fingerprint density at radius 1 is 0.590 bits per heavy atom. The Morgan fingerprint density at radius 2 is 0.949 bits per heavy atom. The minimum Gasteiger partial charge on any atom is -0.444 e.